The van der Waals surface area contributed by atoms with Crippen molar-refractivity contribution in [2.45, 2.75) is 25.3 Å². The van der Waals surface area contributed by atoms with E-state index in [1.54, 1.807) is 23.6 Å². The van der Waals surface area contributed by atoms with Crippen molar-refractivity contribution in [3.8, 4) is 0 Å². The van der Waals surface area contributed by atoms with E-state index in [-0.39, 0.29) is 0 Å². The molecule has 5 nitrogen and oxygen atoms in total. The normalized spacial score (nSPS) is 11.5. The molecule has 0 amide bonds. The van der Waals surface area contributed by atoms with E-state index in [1.807, 2.05) is 13.8 Å². The molecule has 0 aliphatic heterocycles. The van der Waals surface area contributed by atoms with Crippen molar-refractivity contribution in [3.05, 3.63) is 40.3 Å². The van der Waals surface area contributed by atoms with Crippen LogP contribution in [0.1, 0.15) is 17.5 Å². The minimum atomic E-state index is -3.56. The number of aromatic nitrogens is 1. The van der Waals surface area contributed by atoms with Gasteiger partial charge in [0.1, 0.15) is 4.90 Å². The lowest BCUT2D eigenvalue weighted by molar-refractivity contribution is 0.599. The van der Waals surface area contributed by atoms with Crippen LogP contribution in [0.25, 0.3) is 0 Å². The van der Waals surface area contributed by atoms with E-state index in [0.717, 1.165) is 17.1 Å². The van der Waals surface area contributed by atoms with Gasteiger partial charge in [0.15, 0.2) is 0 Å². The zero-order valence-electron chi connectivity index (χ0n) is 11.4. The van der Waals surface area contributed by atoms with E-state index in [1.165, 1.54) is 17.5 Å². The molecule has 0 bridgehead atoms. The fourth-order valence-corrected chi connectivity index (χ4v) is 4.13. The summed E-state index contributed by atoms with van der Waals surface area (Å²) in [4.78, 5) is 5.21. The first-order valence-corrected chi connectivity index (χ1v) is 8.62. The molecule has 0 saturated carbocycles. The van der Waals surface area contributed by atoms with Gasteiger partial charge in [-0.1, -0.05) is 6.92 Å². The molecule has 2 aromatic rings. The molecule has 108 valence electrons. The van der Waals surface area contributed by atoms with Gasteiger partial charge in [-0.05, 0) is 37.0 Å². The predicted molar refractivity (Wildman–Crippen MR) is 81.5 cm³/mol. The Labute approximate surface area is 123 Å². The Morgan fingerprint density at radius 1 is 1.30 bits per heavy atom. The van der Waals surface area contributed by atoms with Gasteiger partial charge in [-0.3, -0.25) is 9.71 Å². The number of aryl methyl sites for hydroxylation is 1. The van der Waals surface area contributed by atoms with Crippen LogP contribution in [0.5, 0.6) is 0 Å². The van der Waals surface area contributed by atoms with Gasteiger partial charge in [0, 0.05) is 17.1 Å². The molecule has 0 atom stereocenters. The lowest BCUT2D eigenvalue weighted by atomic mass is 10.4. The molecule has 0 spiro atoms. The Kier molecular flexibility index (Phi) is 4.74. The summed E-state index contributed by atoms with van der Waals surface area (Å²) in [6.07, 6.45) is 1.52. The lowest BCUT2D eigenvalue weighted by Crippen LogP contribution is -2.17. The highest BCUT2D eigenvalue weighted by atomic mass is 32.2. The maximum Gasteiger partial charge on any atom is 0.263 e. The quantitative estimate of drug-likeness (QED) is 0.859. The van der Waals surface area contributed by atoms with Crippen molar-refractivity contribution >= 4 is 27.0 Å². The summed E-state index contributed by atoms with van der Waals surface area (Å²) in [6, 6.07) is 5.10. The van der Waals surface area contributed by atoms with Crippen LogP contribution in [0, 0.1) is 6.92 Å². The van der Waals surface area contributed by atoms with Crippen molar-refractivity contribution in [2.24, 2.45) is 0 Å². The Bertz CT molecular complexity index is 663. The van der Waals surface area contributed by atoms with Crippen LogP contribution in [-0.2, 0) is 16.6 Å². The molecule has 2 aromatic heterocycles. The molecule has 0 unspecified atom stereocenters. The van der Waals surface area contributed by atoms with Gasteiger partial charge in [0.05, 0.1) is 11.9 Å². The molecule has 20 heavy (non-hydrogen) atoms. The Morgan fingerprint density at radius 2 is 2.10 bits per heavy atom. The molecular weight excluding hydrogens is 294 g/mol. The van der Waals surface area contributed by atoms with E-state index >= 15 is 0 Å². The first-order chi connectivity index (χ1) is 9.53. The molecule has 0 fully saturated rings. The molecule has 2 heterocycles. The van der Waals surface area contributed by atoms with E-state index in [0.29, 0.717) is 17.1 Å². The smallest absolute Gasteiger partial charge is 0.263 e. The van der Waals surface area contributed by atoms with Crippen LogP contribution in [0.2, 0.25) is 0 Å². The fraction of sp³-hybridized carbons (Fsp3) is 0.308. The number of sulfonamides is 1. The van der Waals surface area contributed by atoms with Crippen molar-refractivity contribution in [1.29, 1.82) is 0 Å². The number of hydrogen-bond acceptors (Lipinski definition) is 5. The highest BCUT2D eigenvalue weighted by molar-refractivity contribution is 7.93. The zero-order chi connectivity index (χ0) is 14.6. The number of thiophene rings is 1. The summed E-state index contributed by atoms with van der Waals surface area (Å²) in [6.45, 7) is 5.19. The minimum Gasteiger partial charge on any atom is -0.312 e. The van der Waals surface area contributed by atoms with Gasteiger partial charge < -0.3 is 5.32 Å². The number of anilines is 1. The van der Waals surface area contributed by atoms with Crippen LogP contribution in [0.3, 0.4) is 0 Å². The second-order valence-electron chi connectivity index (χ2n) is 4.28. The van der Waals surface area contributed by atoms with Gasteiger partial charge in [0.25, 0.3) is 10.0 Å². The molecule has 7 heteroatoms. The van der Waals surface area contributed by atoms with Crippen LogP contribution >= 0.6 is 11.3 Å². The first-order valence-electron chi connectivity index (χ1n) is 6.25. The summed E-state index contributed by atoms with van der Waals surface area (Å²) in [5.41, 5.74) is 1.31. The van der Waals surface area contributed by atoms with Crippen molar-refractivity contribution < 1.29 is 8.42 Å². The van der Waals surface area contributed by atoms with Gasteiger partial charge in [0.2, 0.25) is 0 Å². The second-order valence-corrected chi connectivity index (χ2v) is 6.93. The van der Waals surface area contributed by atoms with Gasteiger partial charge in [-0.15, -0.1) is 11.3 Å². The minimum absolute atomic E-state index is 0.323. The predicted octanol–water partition coefficient (Wildman–Crippen LogP) is 2.36. The number of nitrogens with zero attached hydrogens (tertiary/aromatic N) is 1. The molecule has 0 radical (unpaired) electrons. The fourth-order valence-electron chi connectivity index (χ4n) is 1.67. The van der Waals surface area contributed by atoms with Crippen LogP contribution in [-0.4, -0.2) is 19.9 Å². The van der Waals surface area contributed by atoms with Gasteiger partial charge >= 0.3 is 0 Å². The zero-order valence-corrected chi connectivity index (χ0v) is 13.0. The topological polar surface area (TPSA) is 71.1 Å². The summed E-state index contributed by atoms with van der Waals surface area (Å²) < 4.78 is 27.3. The monoisotopic (exact) mass is 311 g/mol. The highest BCUT2D eigenvalue weighted by Gasteiger charge is 2.19. The van der Waals surface area contributed by atoms with Crippen molar-refractivity contribution in [1.82, 2.24) is 10.3 Å². The van der Waals surface area contributed by atoms with Crippen LogP contribution in [0.15, 0.2) is 34.7 Å². The summed E-state index contributed by atoms with van der Waals surface area (Å²) in [7, 11) is -3.56. The van der Waals surface area contributed by atoms with Crippen LogP contribution in [0.4, 0.5) is 5.69 Å². The Morgan fingerprint density at radius 3 is 2.75 bits per heavy atom. The average molecular weight is 311 g/mol. The third-order valence-electron chi connectivity index (χ3n) is 2.69. The molecule has 2 rings (SSSR count). The lowest BCUT2D eigenvalue weighted by Gasteiger charge is -2.09. The van der Waals surface area contributed by atoms with Crippen molar-refractivity contribution in [2.75, 3.05) is 11.3 Å². The molecular formula is C13H17N3O2S2. The maximum atomic E-state index is 12.4. The summed E-state index contributed by atoms with van der Waals surface area (Å²) >= 11 is 1.43. The molecule has 0 aliphatic rings. The third-order valence-corrected chi connectivity index (χ3v) is 5.21. The largest absolute Gasteiger partial charge is 0.312 e. The summed E-state index contributed by atoms with van der Waals surface area (Å²) in [5.74, 6) is 0. The SMILES string of the molecule is CCNCc1sccc1S(=O)(=O)Nc1ccc(C)nc1. The Balaban J connectivity index is 2.22. The molecule has 0 aliphatic carbocycles. The van der Waals surface area contributed by atoms with Crippen molar-refractivity contribution in [3.63, 3.8) is 0 Å². The van der Waals surface area contributed by atoms with E-state index in [9.17, 15) is 8.42 Å². The van der Waals surface area contributed by atoms with Crippen LogP contribution < -0.4 is 10.0 Å². The van der Waals surface area contributed by atoms with E-state index in [4.69, 9.17) is 0 Å². The summed E-state index contributed by atoms with van der Waals surface area (Å²) in [5, 5.41) is 4.93. The number of pyridine rings is 1. The average Bonchev–Trinajstić information content (AvgIpc) is 2.88. The standard InChI is InChI=1S/C13H17N3O2S2/c1-3-14-9-12-13(6-7-19-12)20(17,18)16-11-5-4-10(2)15-8-11/h4-8,14,16H,3,9H2,1-2H3. The molecule has 0 aromatic carbocycles. The van der Waals surface area contributed by atoms with E-state index in [2.05, 4.69) is 15.0 Å². The van der Waals surface area contributed by atoms with E-state index < -0.39 is 10.0 Å². The first kappa shape index (κ1) is 15.0. The number of rotatable bonds is 6. The second kappa shape index (κ2) is 6.34. The maximum absolute atomic E-state index is 12.4. The van der Waals surface area contributed by atoms with Gasteiger partial charge in [-0.2, -0.15) is 0 Å². The number of hydrogen-bond donors (Lipinski definition) is 2. The van der Waals surface area contributed by atoms with Gasteiger partial charge in [-0.25, -0.2) is 8.42 Å². The molecule has 0 saturated heterocycles. The number of nitrogens with one attached hydrogen (secondary N) is 2. The third kappa shape index (κ3) is 3.56. The highest BCUT2D eigenvalue weighted by Crippen LogP contribution is 2.24. The Hall–Kier alpha value is -1.44. The molecule has 2 N–H and O–H groups in total.